The van der Waals surface area contributed by atoms with Crippen molar-refractivity contribution in [1.29, 1.82) is 5.26 Å². The zero-order valence-corrected chi connectivity index (χ0v) is 11.5. The summed E-state index contributed by atoms with van der Waals surface area (Å²) in [7, 11) is 0. The number of benzene rings is 2. The fourth-order valence-corrected chi connectivity index (χ4v) is 2.44. The maximum absolute atomic E-state index is 12.2. The van der Waals surface area contributed by atoms with Gasteiger partial charge in [0.15, 0.2) is 0 Å². The van der Waals surface area contributed by atoms with Gasteiger partial charge in [0.1, 0.15) is 0 Å². The smallest absolute Gasteiger partial charge is 0.255 e. The molecule has 21 heavy (non-hydrogen) atoms. The fourth-order valence-electron chi connectivity index (χ4n) is 2.44. The first-order chi connectivity index (χ1) is 10.3. The van der Waals surface area contributed by atoms with E-state index in [9.17, 15) is 4.79 Å². The minimum Gasteiger partial charge on any atom is -0.385 e. The lowest BCUT2D eigenvalue weighted by Crippen LogP contribution is -2.14. The first-order valence-electron chi connectivity index (χ1n) is 6.94. The third-order valence-corrected chi connectivity index (χ3v) is 3.58. The highest BCUT2D eigenvalue weighted by molar-refractivity contribution is 6.04. The van der Waals surface area contributed by atoms with E-state index in [0.717, 1.165) is 30.8 Å². The molecule has 1 heterocycles. The standard InChI is InChI=1S/C17H15N3O/c18-11-12-3-5-14(6-4-12)17(21)20-15-8-7-13-2-1-9-19-16(13)10-15/h3-8,10,19H,1-2,9H2,(H,20,21). The Kier molecular flexibility index (Phi) is 3.57. The van der Waals surface area contributed by atoms with Crippen molar-refractivity contribution >= 4 is 17.3 Å². The summed E-state index contributed by atoms with van der Waals surface area (Å²) in [5.41, 5.74) is 4.25. The highest BCUT2D eigenvalue weighted by Gasteiger charge is 2.11. The summed E-state index contributed by atoms with van der Waals surface area (Å²) in [4.78, 5) is 12.2. The van der Waals surface area contributed by atoms with Crippen LogP contribution < -0.4 is 10.6 Å². The van der Waals surface area contributed by atoms with Gasteiger partial charge >= 0.3 is 0 Å². The molecule has 3 rings (SSSR count). The van der Waals surface area contributed by atoms with Crippen LogP contribution in [0.4, 0.5) is 11.4 Å². The van der Waals surface area contributed by atoms with Crippen molar-refractivity contribution in [3.8, 4) is 6.07 Å². The lowest BCUT2D eigenvalue weighted by Gasteiger charge is -2.18. The molecule has 0 saturated heterocycles. The molecule has 0 fully saturated rings. The number of anilines is 2. The maximum Gasteiger partial charge on any atom is 0.255 e. The molecule has 0 aliphatic carbocycles. The van der Waals surface area contributed by atoms with Gasteiger partial charge in [-0.05, 0) is 54.8 Å². The third-order valence-electron chi connectivity index (χ3n) is 3.58. The van der Waals surface area contributed by atoms with Gasteiger partial charge in [0.05, 0.1) is 11.6 Å². The van der Waals surface area contributed by atoms with Gasteiger partial charge in [-0.25, -0.2) is 0 Å². The molecule has 1 aliphatic rings. The number of nitrogens with one attached hydrogen (secondary N) is 2. The molecule has 2 aromatic carbocycles. The lowest BCUT2D eigenvalue weighted by molar-refractivity contribution is 0.102. The largest absolute Gasteiger partial charge is 0.385 e. The number of aryl methyl sites for hydroxylation is 1. The Morgan fingerprint density at radius 2 is 2.00 bits per heavy atom. The van der Waals surface area contributed by atoms with E-state index in [-0.39, 0.29) is 5.91 Å². The molecule has 1 amide bonds. The Hall–Kier alpha value is -2.80. The number of fused-ring (bicyclic) bond motifs is 1. The second-order valence-corrected chi connectivity index (χ2v) is 5.05. The first-order valence-corrected chi connectivity index (χ1v) is 6.94. The Morgan fingerprint density at radius 3 is 2.76 bits per heavy atom. The summed E-state index contributed by atoms with van der Waals surface area (Å²) < 4.78 is 0. The Balaban J connectivity index is 1.76. The predicted octanol–water partition coefficient (Wildman–Crippen LogP) is 3.17. The molecule has 0 aromatic heterocycles. The van der Waals surface area contributed by atoms with Gasteiger partial charge in [0.2, 0.25) is 0 Å². The number of amides is 1. The summed E-state index contributed by atoms with van der Waals surface area (Å²) >= 11 is 0. The number of hydrogen-bond acceptors (Lipinski definition) is 3. The number of rotatable bonds is 2. The van der Waals surface area contributed by atoms with Crippen LogP contribution in [0.15, 0.2) is 42.5 Å². The molecule has 2 N–H and O–H groups in total. The van der Waals surface area contributed by atoms with Crippen LogP contribution in [0.1, 0.15) is 27.9 Å². The van der Waals surface area contributed by atoms with Crippen LogP contribution in [0.25, 0.3) is 0 Å². The third kappa shape index (κ3) is 2.87. The molecule has 0 saturated carbocycles. The molecular weight excluding hydrogens is 262 g/mol. The van der Waals surface area contributed by atoms with E-state index in [0.29, 0.717) is 11.1 Å². The Morgan fingerprint density at radius 1 is 1.19 bits per heavy atom. The van der Waals surface area contributed by atoms with Crippen molar-refractivity contribution in [1.82, 2.24) is 0 Å². The Bertz CT molecular complexity index is 714. The highest BCUT2D eigenvalue weighted by Crippen LogP contribution is 2.25. The Labute approximate surface area is 123 Å². The van der Waals surface area contributed by atoms with Crippen molar-refractivity contribution < 1.29 is 4.79 Å². The number of carbonyl (C=O) groups excluding carboxylic acids is 1. The van der Waals surface area contributed by atoms with Crippen LogP contribution in [0.3, 0.4) is 0 Å². The average molecular weight is 277 g/mol. The topological polar surface area (TPSA) is 64.9 Å². The van der Waals surface area contributed by atoms with Gasteiger partial charge in [-0.3, -0.25) is 4.79 Å². The van der Waals surface area contributed by atoms with Crippen molar-refractivity contribution in [2.24, 2.45) is 0 Å². The summed E-state index contributed by atoms with van der Waals surface area (Å²) in [5.74, 6) is -0.171. The van der Waals surface area contributed by atoms with Crippen LogP contribution in [-0.4, -0.2) is 12.5 Å². The SMILES string of the molecule is N#Cc1ccc(C(=O)Nc2ccc3c(c2)NCCC3)cc1. The zero-order valence-electron chi connectivity index (χ0n) is 11.5. The number of carbonyl (C=O) groups is 1. The van der Waals surface area contributed by atoms with Crippen molar-refractivity contribution in [2.45, 2.75) is 12.8 Å². The number of nitriles is 1. The van der Waals surface area contributed by atoms with E-state index in [2.05, 4.69) is 16.7 Å². The normalized spacial score (nSPS) is 12.7. The first kappa shape index (κ1) is 13.2. The van der Waals surface area contributed by atoms with Gasteiger partial charge in [-0.2, -0.15) is 5.26 Å². The molecule has 0 unspecified atom stereocenters. The van der Waals surface area contributed by atoms with Gasteiger partial charge in [0, 0.05) is 23.5 Å². The van der Waals surface area contributed by atoms with E-state index in [1.54, 1.807) is 24.3 Å². The molecule has 104 valence electrons. The minimum atomic E-state index is -0.171. The van der Waals surface area contributed by atoms with Gasteiger partial charge in [-0.15, -0.1) is 0 Å². The van der Waals surface area contributed by atoms with Crippen molar-refractivity contribution in [3.63, 3.8) is 0 Å². The molecule has 4 heteroatoms. The van der Waals surface area contributed by atoms with Crippen LogP contribution in [0.5, 0.6) is 0 Å². The molecule has 2 aromatic rings. The second kappa shape index (κ2) is 5.68. The second-order valence-electron chi connectivity index (χ2n) is 5.05. The van der Waals surface area contributed by atoms with E-state index < -0.39 is 0 Å². The molecular formula is C17H15N3O. The fraction of sp³-hybridized carbons (Fsp3) is 0.176. The van der Waals surface area contributed by atoms with Crippen LogP contribution in [0, 0.1) is 11.3 Å². The quantitative estimate of drug-likeness (QED) is 0.886. The van der Waals surface area contributed by atoms with Crippen molar-refractivity contribution in [3.05, 3.63) is 59.2 Å². The van der Waals surface area contributed by atoms with E-state index in [4.69, 9.17) is 5.26 Å². The van der Waals surface area contributed by atoms with Crippen molar-refractivity contribution in [2.75, 3.05) is 17.2 Å². The predicted molar refractivity (Wildman–Crippen MR) is 82.4 cm³/mol. The number of hydrogen-bond donors (Lipinski definition) is 2. The molecule has 0 bridgehead atoms. The molecule has 1 aliphatic heterocycles. The molecule has 0 spiro atoms. The summed E-state index contributed by atoms with van der Waals surface area (Å²) in [6, 6.07) is 14.6. The van der Waals surface area contributed by atoms with Crippen LogP contribution >= 0.6 is 0 Å². The summed E-state index contributed by atoms with van der Waals surface area (Å²) in [5, 5.41) is 15.0. The van der Waals surface area contributed by atoms with E-state index in [1.807, 2.05) is 18.2 Å². The van der Waals surface area contributed by atoms with E-state index >= 15 is 0 Å². The maximum atomic E-state index is 12.2. The van der Waals surface area contributed by atoms with Gasteiger partial charge < -0.3 is 10.6 Å². The highest BCUT2D eigenvalue weighted by atomic mass is 16.1. The molecule has 0 radical (unpaired) electrons. The molecule has 0 atom stereocenters. The average Bonchev–Trinajstić information content (AvgIpc) is 2.55. The molecule has 4 nitrogen and oxygen atoms in total. The van der Waals surface area contributed by atoms with Gasteiger partial charge in [0.25, 0.3) is 5.91 Å². The number of nitrogens with zero attached hydrogens (tertiary/aromatic N) is 1. The monoisotopic (exact) mass is 277 g/mol. The summed E-state index contributed by atoms with van der Waals surface area (Å²) in [6.45, 7) is 0.972. The lowest BCUT2D eigenvalue weighted by atomic mass is 10.0. The zero-order chi connectivity index (χ0) is 14.7. The van der Waals surface area contributed by atoms with Crippen LogP contribution in [0.2, 0.25) is 0 Å². The van der Waals surface area contributed by atoms with E-state index in [1.165, 1.54) is 5.56 Å². The minimum absolute atomic E-state index is 0.171. The van der Waals surface area contributed by atoms with Crippen LogP contribution in [-0.2, 0) is 6.42 Å². The van der Waals surface area contributed by atoms with Gasteiger partial charge in [-0.1, -0.05) is 6.07 Å². The summed E-state index contributed by atoms with van der Waals surface area (Å²) in [6.07, 6.45) is 2.22.